The lowest BCUT2D eigenvalue weighted by atomic mass is 9.68. The summed E-state index contributed by atoms with van der Waals surface area (Å²) in [5, 5.41) is 10.6. The number of carboxylic acid groups (broad SMARTS) is 1. The molecule has 0 amide bonds. The molecule has 0 saturated carbocycles. The molecule has 0 saturated heterocycles. The van der Waals surface area contributed by atoms with Crippen LogP contribution in [0.2, 0.25) is 0 Å². The van der Waals surface area contributed by atoms with Crippen molar-refractivity contribution in [1.29, 1.82) is 0 Å². The third kappa shape index (κ3) is 2.50. The average molecular weight is 350 g/mol. The molecule has 3 nitrogen and oxygen atoms in total. The molecule has 1 unspecified atom stereocenters. The second kappa shape index (κ2) is 5.48. The lowest BCUT2D eigenvalue weighted by molar-refractivity contribution is -0.138. The van der Waals surface area contributed by atoms with Crippen LogP contribution in [0.15, 0.2) is 22.7 Å². The summed E-state index contributed by atoms with van der Waals surface area (Å²) in [5.74, 6) is -0.698. The van der Waals surface area contributed by atoms with Gasteiger partial charge in [0.05, 0.1) is 6.42 Å². The Morgan fingerprint density at radius 2 is 2.29 bits per heavy atom. The number of rotatable bonds is 4. The van der Waals surface area contributed by atoms with Gasteiger partial charge in [0, 0.05) is 26.5 Å². The van der Waals surface area contributed by atoms with Crippen molar-refractivity contribution in [2.45, 2.75) is 50.9 Å². The number of carbonyl (C=O) groups is 1. The van der Waals surface area contributed by atoms with Crippen molar-refractivity contribution in [3.8, 4) is 0 Å². The second-order valence-corrected chi connectivity index (χ2v) is 7.04. The number of aromatic amines is 1. The Bertz CT molecular complexity index is 691. The van der Waals surface area contributed by atoms with Crippen molar-refractivity contribution in [2.75, 3.05) is 0 Å². The lowest BCUT2D eigenvalue weighted by Gasteiger charge is -2.36. The largest absolute Gasteiger partial charge is 0.481 e. The van der Waals surface area contributed by atoms with Crippen LogP contribution in [0.1, 0.15) is 50.3 Å². The predicted octanol–water partition coefficient (Wildman–Crippen LogP) is 4.78. The predicted molar refractivity (Wildman–Crippen MR) is 87.8 cm³/mol. The van der Waals surface area contributed by atoms with Crippen LogP contribution < -0.4 is 0 Å². The number of aliphatic carboxylic acids is 1. The number of halogens is 1. The summed E-state index contributed by atoms with van der Waals surface area (Å²) in [6.45, 7) is 2.14. The minimum absolute atomic E-state index is 0.223. The smallest absolute Gasteiger partial charge is 0.304 e. The zero-order chi connectivity index (χ0) is 15.0. The van der Waals surface area contributed by atoms with E-state index in [1.807, 2.05) is 0 Å². The zero-order valence-electron chi connectivity index (χ0n) is 12.2. The first kappa shape index (κ1) is 14.6. The zero-order valence-corrected chi connectivity index (χ0v) is 13.8. The highest BCUT2D eigenvalue weighted by Crippen LogP contribution is 2.45. The molecule has 1 heterocycles. The standard InChI is InChI=1S/C17H20BrNO2/c1-2-7-17(10-15(20)21)8-3-4-13-12-6-5-11(18)9-14(12)19-16(13)17/h5-6,9,19H,2-4,7-8,10H2,1H3,(H,20,21). The molecule has 0 fully saturated rings. The fraction of sp³-hybridized carbons (Fsp3) is 0.471. The minimum Gasteiger partial charge on any atom is -0.481 e. The maximum absolute atomic E-state index is 11.4. The Hall–Kier alpha value is -1.29. The third-order valence-electron chi connectivity index (χ3n) is 4.70. The van der Waals surface area contributed by atoms with Crippen molar-refractivity contribution < 1.29 is 9.90 Å². The van der Waals surface area contributed by atoms with Gasteiger partial charge in [-0.3, -0.25) is 4.79 Å². The molecule has 1 atom stereocenters. The van der Waals surface area contributed by atoms with Crippen LogP contribution in [-0.4, -0.2) is 16.1 Å². The second-order valence-electron chi connectivity index (χ2n) is 6.12. The summed E-state index contributed by atoms with van der Waals surface area (Å²) in [6, 6.07) is 6.28. The summed E-state index contributed by atoms with van der Waals surface area (Å²) >= 11 is 3.51. The van der Waals surface area contributed by atoms with Crippen LogP contribution in [0.3, 0.4) is 0 Å². The molecule has 0 bridgehead atoms. The summed E-state index contributed by atoms with van der Waals surface area (Å²) in [7, 11) is 0. The van der Waals surface area contributed by atoms with Crippen molar-refractivity contribution in [3.63, 3.8) is 0 Å². The molecule has 21 heavy (non-hydrogen) atoms. The highest BCUT2D eigenvalue weighted by molar-refractivity contribution is 9.10. The van der Waals surface area contributed by atoms with Crippen LogP contribution in [-0.2, 0) is 16.6 Å². The molecule has 4 heteroatoms. The Labute approximate surface area is 132 Å². The first-order valence-corrected chi connectivity index (χ1v) is 8.37. The van der Waals surface area contributed by atoms with Crippen molar-refractivity contribution in [1.82, 2.24) is 4.98 Å². The highest BCUT2D eigenvalue weighted by atomic mass is 79.9. The van der Waals surface area contributed by atoms with E-state index in [0.717, 1.165) is 42.1 Å². The number of hydrogen-bond donors (Lipinski definition) is 2. The van der Waals surface area contributed by atoms with Gasteiger partial charge in [0.2, 0.25) is 0 Å². The molecule has 2 N–H and O–H groups in total. The molecule has 1 aromatic heterocycles. The number of aryl methyl sites for hydroxylation is 1. The summed E-state index contributed by atoms with van der Waals surface area (Å²) < 4.78 is 1.05. The van der Waals surface area contributed by atoms with Gasteiger partial charge in [-0.1, -0.05) is 35.3 Å². The topological polar surface area (TPSA) is 53.1 Å². The number of hydrogen-bond acceptors (Lipinski definition) is 1. The first-order valence-electron chi connectivity index (χ1n) is 7.58. The van der Waals surface area contributed by atoms with Gasteiger partial charge in [-0.15, -0.1) is 0 Å². The molecule has 1 aliphatic rings. The Balaban J connectivity index is 2.19. The molecular weight excluding hydrogens is 330 g/mol. The van der Waals surface area contributed by atoms with E-state index < -0.39 is 5.97 Å². The molecule has 112 valence electrons. The lowest BCUT2D eigenvalue weighted by Crippen LogP contribution is -2.33. The normalized spacial score (nSPS) is 21.4. The SMILES string of the molecule is CCCC1(CC(=O)O)CCCc2c1[nH]c1cc(Br)ccc21. The molecular formula is C17H20BrNO2. The van der Waals surface area contributed by atoms with Crippen LogP contribution in [0.5, 0.6) is 0 Å². The average Bonchev–Trinajstić information content (AvgIpc) is 2.77. The van der Waals surface area contributed by atoms with Crippen molar-refractivity contribution in [2.24, 2.45) is 0 Å². The highest BCUT2D eigenvalue weighted by Gasteiger charge is 2.39. The summed E-state index contributed by atoms with van der Waals surface area (Å²) in [5.41, 5.74) is 3.39. The number of fused-ring (bicyclic) bond motifs is 3. The van der Waals surface area contributed by atoms with Gasteiger partial charge in [-0.25, -0.2) is 0 Å². The van der Waals surface area contributed by atoms with Crippen LogP contribution in [0.25, 0.3) is 10.9 Å². The Morgan fingerprint density at radius 3 is 3.00 bits per heavy atom. The number of H-pyrrole nitrogens is 1. The van der Waals surface area contributed by atoms with Crippen LogP contribution in [0.4, 0.5) is 0 Å². The van der Waals surface area contributed by atoms with Gasteiger partial charge < -0.3 is 10.1 Å². The molecule has 0 spiro atoms. The van der Waals surface area contributed by atoms with E-state index in [-0.39, 0.29) is 11.8 Å². The Morgan fingerprint density at radius 1 is 1.48 bits per heavy atom. The minimum atomic E-state index is -0.698. The third-order valence-corrected chi connectivity index (χ3v) is 5.19. The van der Waals surface area contributed by atoms with Gasteiger partial charge in [-0.2, -0.15) is 0 Å². The summed E-state index contributed by atoms with van der Waals surface area (Å²) in [6.07, 6.45) is 5.24. The van der Waals surface area contributed by atoms with Crippen LogP contribution >= 0.6 is 15.9 Å². The van der Waals surface area contributed by atoms with Crippen molar-refractivity contribution in [3.05, 3.63) is 33.9 Å². The Kier molecular flexibility index (Phi) is 3.82. The van der Waals surface area contributed by atoms with E-state index in [4.69, 9.17) is 0 Å². The van der Waals surface area contributed by atoms with E-state index in [1.54, 1.807) is 0 Å². The van der Waals surface area contributed by atoms with Gasteiger partial charge in [-0.05, 0) is 43.4 Å². The van der Waals surface area contributed by atoms with E-state index in [2.05, 4.69) is 46.0 Å². The van der Waals surface area contributed by atoms with Gasteiger partial charge in [0.1, 0.15) is 0 Å². The van der Waals surface area contributed by atoms with Gasteiger partial charge in [0.25, 0.3) is 0 Å². The summed E-state index contributed by atoms with van der Waals surface area (Å²) in [4.78, 5) is 14.9. The van der Waals surface area contributed by atoms with Crippen molar-refractivity contribution >= 4 is 32.8 Å². The van der Waals surface area contributed by atoms with E-state index in [1.165, 1.54) is 16.6 Å². The maximum atomic E-state index is 11.4. The molecule has 1 aliphatic carbocycles. The molecule has 0 radical (unpaired) electrons. The maximum Gasteiger partial charge on any atom is 0.304 e. The van der Waals surface area contributed by atoms with Gasteiger partial charge in [0.15, 0.2) is 0 Å². The molecule has 3 rings (SSSR count). The van der Waals surface area contributed by atoms with E-state index in [9.17, 15) is 9.90 Å². The quantitative estimate of drug-likeness (QED) is 0.834. The number of benzene rings is 1. The number of nitrogens with one attached hydrogen (secondary N) is 1. The fourth-order valence-corrected chi connectivity index (χ4v) is 4.31. The monoisotopic (exact) mass is 349 g/mol. The number of aromatic nitrogens is 1. The molecule has 0 aliphatic heterocycles. The van der Waals surface area contributed by atoms with Crippen LogP contribution in [0, 0.1) is 0 Å². The fourth-order valence-electron chi connectivity index (χ4n) is 3.95. The molecule has 2 aromatic rings. The molecule has 1 aromatic carbocycles. The first-order chi connectivity index (χ1) is 10.1. The van der Waals surface area contributed by atoms with E-state index >= 15 is 0 Å². The number of carboxylic acids is 1. The van der Waals surface area contributed by atoms with Gasteiger partial charge >= 0.3 is 5.97 Å². The van der Waals surface area contributed by atoms with E-state index in [0.29, 0.717) is 0 Å².